The van der Waals surface area contributed by atoms with Gasteiger partial charge >= 0.3 is 0 Å². The maximum atomic E-state index is 8.64. The zero-order valence-corrected chi connectivity index (χ0v) is 20.7. The SMILES string of the molecule is [2H]c1c([2H])c([2H])c(-c2cc(-c3ccc4c(c3)[nH]c3ccc5c6ccccc6sc5c34)cc(-c3c([2H])c([2H])c([2H])c([2H])c3[2H])c2)c([2H])c1[2H]. The van der Waals surface area contributed by atoms with Gasteiger partial charge in [0.1, 0.15) is 0 Å². The summed E-state index contributed by atoms with van der Waals surface area (Å²) in [7, 11) is 0. The van der Waals surface area contributed by atoms with E-state index in [0.717, 1.165) is 27.4 Å². The molecule has 2 heteroatoms. The molecule has 0 radical (unpaired) electrons. The topological polar surface area (TPSA) is 15.8 Å². The molecule has 6 aromatic carbocycles. The fourth-order valence-corrected chi connectivity index (χ4v) is 6.49. The summed E-state index contributed by atoms with van der Waals surface area (Å²) in [5, 5.41) is 4.53. The molecule has 0 bridgehead atoms. The summed E-state index contributed by atoms with van der Waals surface area (Å²) in [5.74, 6) is 0. The molecule has 0 spiro atoms. The van der Waals surface area contributed by atoms with Crippen molar-refractivity contribution in [3.63, 3.8) is 0 Å². The second kappa shape index (κ2) is 8.44. The molecule has 38 heavy (non-hydrogen) atoms. The van der Waals surface area contributed by atoms with Gasteiger partial charge in [0.05, 0.1) is 13.7 Å². The summed E-state index contributed by atoms with van der Waals surface area (Å²) in [6.45, 7) is 0. The molecular weight excluding hydrogens is 478 g/mol. The Morgan fingerprint density at radius 1 is 0.500 bits per heavy atom. The average Bonchev–Trinajstić information content (AvgIpc) is 3.66. The molecule has 1 N–H and O–H groups in total. The molecule has 0 saturated heterocycles. The zero-order chi connectivity index (χ0) is 33.8. The third kappa shape index (κ3) is 3.38. The van der Waals surface area contributed by atoms with Gasteiger partial charge in [0.25, 0.3) is 0 Å². The molecule has 1 nitrogen and oxygen atoms in total. The van der Waals surface area contributed by atoms with Gasteiger partial charge in [0.2, 0.25) is 0 Å². The second-order valence-electron chi connectivity index (χ2n) is 9.15. The van der Waals surface area contributed by atoms with Crippen LogP contribution in [-0.4, -0.2) is 4.98 Å². The van der Waals surface area contributed by atoms with E-state index in [-0.39, 0.29) is 22.3 Å². The summed E-state index contributed by atoms with van der Waals surface area (Å²) < 4.78 is 86.2. The maximum absolute atomic E-state index is 8.64. The van der Waals surface area contributed by atoms with Crippen LogP contribution in [0.3, 0.4) is 0 Å². The first-order chi connectivity index (χ1) is 23.0. The highest BCUT2D eigenvalue weighted by molar-refractivity contribution is 7.26. The monoisotopic (exact) mass is 511 g/mol. The first-order valence-electron chi connectivity index (χ1n) is 17.1. The fraction of sp³-hybridized carbons (Fsp3) is 0. The van der Waals surface area contributed by atoms with Gasteiger partial charge in [-0.05, 0) is 69.8 Å². The molecule has 0 aliphatic rings. The van der Waals surface area contributed by atoms with E-state index in [1.54, 1.807) is 23.5 Å². The number of fused-ring (bicyclic) bond motifs is 7. The van der Waals surface area contributed by atoms with E-state index >= 15 is 0 Å². The van der Waals surface area contributed by atoms with Crippen LogP contribution in [0.2, 0.25) is 0 Å². The van der Waals surface area contributed by atoms with Crippen molar-refractivity contribution in [3.05, 3.63) is 133 Å². The third-order valence-corrected chi connectivity index (χ3v) is 8.15. The normalized spacial score (nSPS) is 15.4. The van der Waals surface area contributed by atoms with Crippen molar-refractivity contribution in [2.24, 2.45) is 0 Å². The third-order valence-electron chi connectivity index (χ3n) is 6.95. The summed E-state index contributed by atoms with van der Waals surface area (Å²) in [4.78, 5) is 3.54. The Morgan fingerprint density at radius 2 is 1.13 bits per heavy atom. The Kier molecular flexibility index (Phi) is 3.06. The predicted octanol–water partition coefficient (Wildman–Crippen LogP) is 10.7. The summed E-state index contributed by atoms with van der Waals surface area (Å²) >= 11 is 1.74. The molecule has 0 unspecified atom stereocenters. The smallest absolute Gasteiger partial charge is 0.0629 e. The van der Waals surface area contributed by atoms with Crippen molar-refractivity contribution in [1.82, 2.24) is 4.98 Å². The molecule has 0 amide bonds. The number of hydrogen-bond acceptors (Lipinski definition) is 1. The Labute approximate surface area is 238 Å². The summed E-state index contributed by atoms with van der Waals surface area (Å²) in [5.41, 5.74) is 3.58. The van der Waals surface area contributed by atoms with Crippen LogP contribution in [0.4, 0.5) is 0 Å². The zero-order valence-electron chi connectivity index (χ0n) is 29.8. The van der Waals surface area contributed by atoms with Crippen LogP contribution in [0, 0.1) is 0 Å². The largest absolute Gasteiger partial charge is 0.354 e. The Balaban J connectivity index is 1.40. The highest BCUT2D eigenvalue weighted by Gasteiger charge is 2.14. The minimum Gasteiger partial charge on any atom is -0.354 e. The molecule has 8 rings (SSSR count). The summed E-state index contributed by atoms with van der Waals surface area (Å²) in [6, 6.07) is 18.8. The van der Waals surface area contributed by atoms with Gasteiger partial charge in [-0.1, -0.05) is 96.8 Å². The van der Waals surface area contributed by atoms with Crippen molar-refractivity contribution < 1.29 is 13.7 Å². The van der Waals surface area contributed by atoms with Crippen LogP contribution < -0.4 is 0 Å². The Bertz CT molecular complexity index is 2550. The standard InChI is InChI=1S/C36H23NS/c1-3-9-23(10-4-1)26-19-27(24-11-5-2-6-12-24)21-28(20-26)25-15-16-31-33(22-25)37-32-18-17-30-29-13-7-8-14-34(29)38-36(30)35(31)32/h1-22,37H/i1D,2D,3D,4D,5D,6D,9D,10D,11D,12D. The molecule has 0 atom stereocenters. The van der Waals surface area contributed by atoms with Crippen LogP contribution in [0.5, 0.6) is 0 Å². The lowest BCUT2D eigenvalue weighted by Crippen LogP contribution is -1.86. The van der Waals surface area contributed by atoms with E-state index in [2.05, 4.69) is 29.2 Å². The molecule has 8 aromatic rings. The van der Waals surface area contributed by atoms with Gasteiger partial charge < -0.3 is 4.98 Å². The number of nitrogens with one attached hydrogen (secondary N) is 1. The molecule has 2 aromatic heterocycles. The van der Waals surface area contributed by atoms with Gasteiger partial charge in [-0.2, -0.15) is 0 Å². The minimum atomic E-state index is -0.521. The molecule has 2 heterocycles. The van der Waals surface area contributed by atoms with Gasteiger partial charge in [-0.3, -0.25) is 0 Å². The van der Waals surface area contributed by atoms with Crippen molar-refractivity contribution >= 4 is 53.3 Å². The van der Waals surface area contributed by atoms with Gasteiger partial charge in [0.15, 0.2) is 0 Å². The predicted molar refractivity (Wildman–Crippen MR) is 165 cm³/mol. The van der Waals surface area contributed by atoms with Gasteiger partial charge in [0, 0.05) is 42.0 Å². The van der Waals surface area contributed by atoms with Crippen LogP contribution in [0.25, 0.3) is 75.4 Å². The number of aromatic amines is 1. The molecule has 178 valence electrons. The molecule has 0 aliphatic carbocycles. The first kappa shape index (κ1) is 13.8. The Morgan fingerprint density at radius 3 is 1.84 bits per heavy atom. The van der Waals surface area contributed by atoms with E-state index < -0.39 is 60.4 Å². The minimum absolute atomic E-state index is 0.0460. The number of aromatic nitrogens is 1. The van der Waals surface area contributed by atoms with E-state index in [4.69, 9.17) is 13.7 Å². The van der Waals surface area contributed by atoms with E-state index in [0.29, 0.717) is 5.56 Å². The number of hydrogen-bond donors (Lipinski definition) is 1. The van der Waals surface area contributed by atoms with Crippen molar-refractivity contribution in [1.29, 1.82) is 0 Å². The lowest BCUT2D eigenvalue weighted by molar-refractivity contribution is 1.54. The molecular formula is C36H23NS. The van der Waals surface area contributed by atoms with Crippen molar-refractivity contribution in [2.45, 2.75) is 0 Å². The highest BCUT2D eigenvalue weighted by Crippen LogP contribution is 2.42. The lowest BCUT2D eigenvalue weighted by atomic mass is 9.93. The number of rotatable bonds is 3. The van der Waals surface area contributed by atoms with Crippen LogP contribution >= 0.6 is 11.3 Å². The quantitative estimate of drug-likeness (QED) is 0.243. The van der Waals surface area contributed by atoms with E-state index in [1.807, 2.05) is 30.3 Å². The van der Waals surface area contributed by atoms with Gasteiger partial charge in [-0.25, -0.2) is 0 Å². The number of thiophene rings is 1. The maximum Gasteiger partial charge on any atom is 0.0629 e. The second-order valence-corrected chi connectivity index (χ2v) is 10.2. The highest BCUT2D eigenvalue weighted by atomic mass is 32.1. The van der Waals surface area contributed by atoms with Crippen LogP contribution in [0.15, 0.2) is 133 Å². The summed E-state index contributed by atoms with van der Waals surface area (Å²) in [6.07, 6.45) is 0. The van der Waals surface area contributed by atoms with Gasteiger partial charge in [-0.15, -0.1) is 11.3 Å². The number of H-pyrrole nitrogens is 1. The van der Waals surface area contributed by atoms with Crippen molar-refractivity contribution in [3.8, 4) is 33.4 Å². The molecule has 0 aliphatic heterocycles. The lowest BCUT2D eigenvalue weighted by Gasteiger charge is -2.11. The average molecular weight is 512 g/mol. The van der Waals surface area contributed by atoms with Crippen LogP contribution in [-0.2, 0) is 0 Å². The fourth-order valence-electron chi connectivity index (χ4n) is 5.22. The van der Waals surface area contributed by atoms with Crippen LogP contribution in [0.1, 0.15) is 13.7 Å². The van der Waals surface area contributed by atoms with E-state index in [9.17, 15) is 0 Å². The molecule has 0 saturated carbocycles. The van der Waals surface area contributed by atoms with E-state index in [1.165, 1.54) is 26.2 Å². The first-order valence-corrected chi connectivity index (χ1v) is 12.9. The van der Waals surface area contributed by atoms with Crippen molar-refractivity contribution in [2.75, 3.05) is 0 Å². The number of benzene rings is 6. The molecule has 0 fully saturated rings. The Hall–Kier alpha value is -4.66.